The molecule has 2 nitrogen and oxygen atoms in total. The van der Waals surface area contributed by atoms with E-state index in [9.17, 15) is 4.79 Å². The van der Waals surface area contributed by atoms with E-state index in [4.69, 9.17) is 4.74 Å². The second-order valence-corrected chi connectivity index (χ2v) is 3.35. The molecule has 0 aliphatic carbocycles. The van der Waals surface area contributed by atoms with Crippen molar-refractivity contribution in [1.82, 2.24) is 0 Å². The van der Waals surface area contributed by atoms with Crippen LogP contribution in [0.1, 0.15) is 12.0 Å². The molecule has 1 heterocycles. The molecule has 1 aromatic rings. The highest BCUT2D eigenvalue weighted by Crippen LogP contribution is 2.12. The van der Waals surface area contributed by atoms with Gasteiger partial charge in [-0.3, -0.25) is 4.79 Å². The molecule has 0 fully saturated rings. The first kappa shape index (κ1) is 9.00. The molecule has 0 amide bonds. The van der Waals surface area contributed by atoms with Gasteiger partial charge in [0.25, 0.3) is 0 Å². The number of carbonyl (C=O) groups excluding carboxylic acids is 1. The number of ether oxygens (including phenoxy) is 1. The molecule has 14 heavy (non-hydrogen) atoms. The van der Waals surface area contributed by atoms with Crippen molar-refractivity contribution in [3.8, 4) is 0 Å². The third kappa shape index (κ3) is 2.02. The fourth-order valence-corrected chi connectivity index (χ4v) is 1.53. The molecule has 0 unspecified atom stereocenters. The molecular weight excluding hydrogens is 176 g/mol. The number of benzene rings is 1. The van der Waals surface area contributed by atoms with Gasteiger partial charge in [-0.2, -0.15) is 0 Å². The third-order valence-electron chi connectivity index (χ3n) is 2.33. The molecular formula is C12H12O2. The lowest BCUT2D eigenvalue weighted by atomic mass is 10.1. The monoisotopic (exact) mass is 188 g/mol. The summed E-state index contributed by atoms with van der Waals surface area (Å²) in [5.41, 5.74) is 1.25. The van der Waals surface area contributed by atoms with E-state index in [1.807, 2.05) is 18.2 Å². The van der Waals surface area contributed by atoms with Crippen LogP contribution in [0.4, 0.5) is 0 Å². The molecule has 72 valence electrons. The molecule has 0 N–H and O–H groups in total. The van der Waals surface area contributed by atoms with Crippen molar-refractivity contribution in [2.75, 3.05) is 0 Å². The first-order valence-electron chi connectivity index (χ1n) is 4.76. The van der Waals surface area contributed by atoms with Gasteiger partial charge < -0.3 is 4.74 Å². The molecule has 0 bridgehead atoms. The van der Waals surface area contributed by atoms with Crippen LogP contribution in [0.3, 0.4) is 0 Å². The largest absolute Gasteiger partial charge is 0.490 e. The Balaban J connectivity index is 1.86. The van der Waals surface area contributed by atoms with Gasteiger partial charge in [-0.15, -0.1) is 0 Å². The summed E-state index contributed by atoms with van der Waals surface area (Å²) in [5, 5.41) is 0. The Morgan fingerprint density at radius 1 is 1.21 bits per heavy atom. The van der Waals surface area contributed by atoms with Crippen LogP contribution in [0.2, 0.25) is 0 Å². The maximum absolute atomic E-state index is 11.2. The number of hydrogen-bond donors (Lipinski definition) is 0. The van der Waals surface area contributed by atoms with Crippen molar-refractivity contribution in [2.24, 2.45) is 0 Å². The normalized spacial score (nSPS) is 19.7. The van der Waals surface area contributed by atoms with E-state index < -0.39 is 0 Å². The minimum absolute atomic E-state index is 0.0842. The van der Waals surface area contributed by atoms with Gasteiger partial charge in [0, 0.05) is 6.08 Å². The van der Waals surface area contributed by atoms with Gasteiger partial charge in [0.1, 0.15) is 0 Å². The average molecular weight is 188 g/mol. The van der Waals surface area contributed by atoms with Crippen LogP contribution in [0.15, 0.2) is 42.7 Å². The van der Waals surface area contributed by atoms with E-state index >= 15 is 0 Å². The summed E-state index contributed by atoms with van der Waals surface area (Å²) in [4.78, 5) is 11.2. The van der Waals surface area contributed by atoms with Crippen LogP contribution < -0.4 is 0 Å². The zero-order valence-electron chi connectivity index (χ0n) is 7.85. The molecule has 0 aromatic heterocycles. The van der Waals surface area contributed by atoms with Crippen LogP contribution in [0.5, 0.6) is 0 Å². The third-order valence-corrected chi connectivity index (χ3v) is 2.33. The van der Waals surface area contributed by atoms with Gasteiger partial charge >= 0.3 is 0 Å². The predicted molar refractivity (Wildman–Crippen MR) is 53.8 cm³/mol. The van der Waals surface area contributed by atoms with Crippen molar-refractivity contribution in [3.05, 3.63) is 48.2 Å². The van der Waals surface area contributed by atoms with E-state index in [0.29, 0.717) is 0 Å². The van der Waals surface area contributed by atoms with Gasteiger partial charge in [0.15, 0.2) is 11.9 Å². The van der Waals surface area contributed by atoms with E-state index in [-0.39, 0.29) is 11.9 Å². The highest BCUT2D eigenvalue weighted by atomic mass is 16.5. The quantitative estimate of drug-likeness (QED) is 0.726. The Bertz CT molecular complexity index is 341. The standard InChI is InChI=1S/C12H12O2/c13-11-8-9-14-12(11)7-6-10-4-2-1-3-5-10/h1-5,8-9,12H,6-7H2/t12-/m1/s1. The van der Waals surface area contributed by atoms with E-state index in [2.05, 4.69) is 12.1 Å². The Kier molecular flexibility index (Phi) is 2.63. The van der Waals surface area contributed by atoms with Crippen LogP contribution in [0, 0.1) is 0 Å². The Labute approximate surface area is 83.2 Å². The van der Waals surface area contributed by atoms with E-state index in [1.165, 1.54) is 17.9 Å². The molecule has 1 aliphatic heterocycles. The summed E-state index contributed by atoms with van der Waals surface area (Å²) in [7, 11) is 0. The van der Waals surface area contributed by atoms with Crippen molar-refractivity contribution >= 4 is 5.78 Å². The van der Waals surface area contributed by atoms with Gasteiger partial charge in [0.2, 0.25) is 0 Å². The Morgan fingerprint density at radius 2 is 2.00 bits per heavy atom. The van der Waals surface area contributed by atoms with Crippen LogP contribution >= 0.6 is 0 Å². The smallest absolute Gasteiger partial charge is 0.199 e. The van der Waals surface area contributed by atoms with E-state index in [0.717, 1.165) is 12.8 Å². The fourth-order valence-electron chi connectivity index (χ4n) is 1.53. The zero-order valence-corrected chi connectivity index (χ0v) is 7.85. The summed E-state index contributed by atoms with van der Waals surface area (Å²) in [6, 6.07) is 10.1. The number of rotatable bonds is 3. The van der Waals surface area contributed by atoms with Crippen molar-refractivity contribution in [3.63, 3.8) is 0 Å². The lowest BCUT2D eigenvalue weighted by Crippen LogP contribution is -2.16. The molecule has 1 aliphatic rings. The highest BCUT2D eigenvalue weighted by molar-refractivity contribution is 5.94. The Hall–Kier alpha value is -1.57. The number of carbonyl (C=O) groups is 1. The predicted octanol–water partition coefficient (Wildman–Crippen LogP) is 2.10. The highest BCUT2D eigenvalue weighted by Gasteiger charge is 2.20. The molecule has 0 radical (unpaired) electrons. The molecule has 0 spiro atoms. The lowest BCUT2D eigenvalue weighted by molar-refractivity contribution is -0.120. The molecule has 0 saturated heterocycles. The van der Waals surface area contributed by atoms with Gasteiger partial charge in [0.05, 0.1) is 6.26 Å². The second-order valence-electron chi connectivity index (χ2n) is 3.35. The summed E-state index contributed by atoms with van der Waals surface area (Å²) in [6.07, 6.45) is 4.37. The first-order chi connectivity index (χ1) is 6.86. The molecule has 1 aromatic carbocycles. The maximum atomic E-state index is 11.2. The summed E-state index contributed by atoms with van der Waals surface area (Å²) < 4.78 is 5.16. The molecule has 2 rings (SSSR count). The first-order valence-corrected chi connectivity index (χ1v) is 4.76. The summed E-state index contributed by atoms with van der Waals surface area (Å²) in [5.74, 6) is 0.0842. The van der Waals surface area contributed by atoms with Crippen LogP contribution in [-0.4, -0.2) is 11.9 Å². The van der Waals surface area contributed by atoms with Gasteiger partial charge in [-0.1, -0.05) is 30.3 Å². The molecule has 2 heteroatoms. The minimum atomic E-state index is -0.254. The SMILES string of the molecule is O=C1C=CO[C@@H]1CCc1ccccc1. The van der Waals surface area contributed by atoms with Gasteiger partial charge in [-0.25, -0.2) is 0 Å². The van der Waals surface area contributed by atoms with Crippen molar-refractivity contribution in [1.29, 1.82) is 0 Å². The summed E-state index contributed by atoms with van der Waals surface area (Å²) in [6.45, 7) is 0. The molecule has 1 atom stereocenters. The second kappa shape index (κ2) is 4.09. The Morgan fingerprint density at radius 3 is 2.64 bits per heavy atom. The van der Waals surface area contributed by atoms with E-state index in [1.54, 1.807) is 0 Å². The minimum Gasteiger partial charge on any atom is -0.490 e. The topological polar surface area (TPSA) is 26.3 Å². The zero-order chi connectivity index (χ0) is 9.80. The lowest BCUT2D eigenvalue weighted by Gasteiger charge is -2.08. The van der Waals surface area contributed by atoms with Crippen molar-refractivity contribution in [2.45, 2.75) is 18.9 Å². The summed E-state index contributed by atoms with van der Waals surface area (Å²) >= 11 is 0. The number of ketones is 1. The van der Waals surface area contributed by atoms with Crippen LogP contribution in [0.25, 0.3) is 0 Å². The van der Waals surface area contributed by atoms with Crippen molar-refractivity contribution < 1.29 is 9.53 Å². The maximum Gasteiger partial charge on any atom is 0.199 e. The fraction of sp³-hybridized carbons (Fsp3) is 0.250. The number of hydrogen-bond acceptors (Lipinski definition) is 2. The average Bonchev–Trinajstić information content (AvgIpc) is 2.63. The number of aryl methyl sites for hydroxylation is 1. The van der Waals surface area contributed by atoms with Crippen LogP contribution in [-0.2, 0) is 16.0 Å². The van der Waals surface area contributed by atoms with Gasteiger partial charge in [-0.05, 0) is 18.4 Å². The molecule has 0 saturated carbocycles.